The molecule has 1 fully saturated rings. The Hall–Kier alpha value is -3.00. The number of rotatable bonds is 6. The molecule has 8 heteroatoms. The van der Waals surface area contributed by atoms with E-state index in [1.54, 1.807) is 29.2 Å². The van der Waals surface area contributed by atoms with Crippen LogP contribution in [0.1, 0.15) is 31.0 Å². The summed E-state index contributed by atoms with van der Waals surface area (Å²) in [5.41, 5.74) is 1.79. The standard InChI is InChI=1S/C24H29F2N3O3/c1-16(2)21(27-24(31)32-3)23(30)29-14-12-28(13-15-29)22(17-4-8-19(25)9-5-17)18-6-10-20(26)11-7-18/h4-11,16,21-22H,12-15H2,1-3H3,(H,27,31)/t21-/m0/s1. The summed E-state index contributed by atoms with van der Waals surface area (Å²) in [5.74, 6) is -0.879. The van der Waals surface area contributed by atoms with Gasteiger partial charge in [-0.1, -0.05) is 38.1 Å². The van der Waals surface area contributed by atoms with Gasteiger partial charge in [-0.3, -0.25) is 9.69 Å². The van der Waals surface area contributed by atoms with E-state index in [1.165, 1.54) is 31.4 Å². The van der Waals surface area contributed by atoms with Crippen molar-refractivity contribution < 1.29 is 23.1 Å². The van der Waals surface area contributed by atoms with Crippen LogP contribution < -0.4 is 5.32 Å². The van der Waals surface area contributed by atoms with E-state index in [1.807, 2.05) is 13.8 Å². The van der Waals surface area contributed by atoms with Crippen molar-refractivity contribution in [2.75, 3.05) is 33.3 Å². The zero-order valence-corrected chi connectivity index (χ0v) is 18.6. The van der Waals surface area contributed by atoms with Crippen LogP contribution in [0.5, 0.6) is 0 Å². The number of nitrogens with zero attached hydrogens (tertiary/aromatic N) is 2. The number of carbonyl (C=O) groups is 2. The minimum absolute atomic E-state index is 0.0918. The molecule has 0 spiro atoms. The van der Waals surface area contributed by atoms with Gasteiger partial charge in [-0.15, -0.1) is 0 Å². The van der Waals surface area contributed by atoms with Crippen molar-refractivity contribution in [1.82, 2.24) is 15.1 Å². The fraction of sp³-hybridized carbons (Fsp3) is 0.417. The fourth-order valence-corrected chi connectivity index (χ4v) is 4.00. The normalized spacial score (nSPS) is 15.7. The highest BCUT2D eigenvalue weighted by Gasteiger charge is 2.33. The van der Waals surface area contributed by atoms with E-state index in [2.05, 4.69) is 15.0 Å². The molecular formula is C24H29F2N3O3. The number of benzene rings is 2. The molecule has 0 unspecified atom stereocenters. The Morgan fingerprint density at radius 2 is 1.34 bits per heavy atom. The van der Waals surface area contributed by atoms with Crippen molar-refractivity contribution in [3.63, 3.8) is 0 Å². The second-order valence-electron chi connectivity index (χ2n) is 8.22. The van der Waals surface area contributed by atoms with E-state index >= 15 is 0 Å². The van der Waals surface area contributed by atoms with Crippen molar-refractivity contribution >= 4 is 12.0 Å². The third-order valence-electron chi connectivity index (χ3n) is 5.75. The van der Waals surface area contributed by atoms with Crippen LogP contribution in [0.3, 0.4) is 0 Å². The fourth-order valence-electron chi connectivity index (χ4n) is 4.00. The predicted octanol–water partition coefficient (Wildman–Crippen LogP) is 3.58. The average molecular weight is 446 g/mol. The first-order chi connectivity index (χ1) is 15.3. The van der Waals surface area contributed by atoms with Gasteiger partial charge in [-0.2, -0.15) is 0 Å². The molecule has 1 atom stereocenters. The number of amides is 2. The Morgan fingerprint density at radius 3 is 1.75 bits per heavy atom. The van der Waals surface area contributed by atoms with Gasteiger partial charge < -0.3 is 15.0 Å². The Kier molecular flexibility index (Phi) is 7.80. The quantitative estimate of drug-likeness (QED) is 0.739. The molecule has 0 bridgehead atoms. The van der Waals surface area contributed by atoms with E-state index in [4.69, 9.17) is 0 Å². The minimum atomic E-state index is -0.668. The average Bonchev–Trinajstić information content (AvgIpc) is 2.79. The molecule has 32 heavy (non-hydrogen) atoms. The Bertz CT molecular complexity index is 866. The molecule has 1 saturated heterocycles. The molecule has 2 aromatic carbocycles. The number of methoxy groups -OCH3 is 1. The monoisotopic (exact) mass is 445 g/mol. The van der Waals surface area contributed by atoms with Crippen LogP contribution >= 0.6 is 0 Å². The lowest BCUT2D eigenvalue weighted by Crippen LogP contribution is -2.56. The van der Waals surface area contributed by atoms with Gasteiger partial charge in [0, 0.05) is 26.2 Å². The number of halogens is 2. The van der Waals surface area contributed by atoms with E-state index in [9.17, 15) is 18.4 Å². The summed E-state index contributed by atoms with van der Waals surface area (Å²) in [6.07, 6.45) is -0.636. The Balaban J connectivity index is 1.76. The van der Waals surface area contributed by atoms with Crippen LogP contribution in [-0.4, -0.2) is 61.1 Å². The summed E-state index contributed by atoms with van der Waals surface area (Å²) in [6, 6.07) is 11.7. The van der Waals surface area contributed by atoms with Crippen molar-refractivity contribution in [2.45, 2.75) is 25.9 Å². The number of alkyl carbamates (subject to hydrolysis) is 1. The summed E-state index contributed by atoms with van der Waals surface area (Å²) in [7, 11) is 1.26. The van der Waals surface area contributed by atoms with E-state index in [0.29, 0.717) is 26.2 Å². The van der Waals surface area contributed by atoms with Crippen LogP contribution in [-0.2, 0) is 9.53 Å². The van der Waals surface area contributed by atoms with Crippen LogP contribution in [0.4, 0.5) is 13.6 Å². The van der Waals surface area contributed by atoms with Crippen LogP contribution in [0.25, 0.3) is 0 Å². The molecule has 0 aromatic heterocycles. The van der Waals surface area contributed by atoms with Crippen LogP contribution in [0.2, 0.25) is 0 Å². The molecule has 3 rings (SSSR count). The van der Waals surface area contributed by atoms with Crippen LogP contribution in [0.15, 0.2) is 48.5 Å². The molecule has 1 aliphatic heterocycles. The number of hydrogen-bond acceptors (Lipinski definition) is 4. The lowest BCUT2D eigenvalue weighted by atomic mass is 9.96. The number of nitrogens with one attached hydrogen (secondary N) is 1. The summed E-state index contributed by atoms with van der Waals surface area (Å²) >= 11 is 0. The van der Waals surface area contributed by atoms with Gasteiger partial charge in [0.25, 0.3) is 0 Å². The minimum Gasteiger partial charge on any atom is -0.453 e. The van der Waals surface area contributed by atoms with E-state index < -0.39 is 12.1 Å². The maximum Gasteiger partial charge on any atom is 0.407 e. The predicted molar refractivity (Wildman–Crippen MR) is 117 cm³/mol. The molecule has 0 aliphatic carbocycles. The first-order valence-electron chi connectivity index (χ1n) is 10.7. The Labute approximate surface area is 187 Å². The zero-order chi connectivity index (χ0) is 23.3. The zero-order valence-electron chi connectivity index (χ0n) is 18.6. The highest BCUT2D eigenvalue weighted by atomic mass is 19.1. The maximum absolute atomic E-state index is 13.5. The molecule has 0 radical (unpaired) electrons. The van der Waals surface area contributed by atoms with Gasteiger partial charge >= 0.3 is 6.09 Å². The SMILES string of the molecule is COC(=O)N[C@H](C(=O)N1CCN(C(c2ccc(F)cc2)c2ccc(F)cc2)CC1)C(C)C. The van der Waals surface area contributed by atoms with Gasteiger partial charge in [0.15, 0.2) is 0 Å². The molecule has 1 N–H and O–H groups in total. The number of piperazine rings is 1. The summed E-state index contributed by atoms with van der Waals surface area (Å²) in [6.45, 7) is 5.84. The molecule has 6 nitrogen and oxygen atoms in total. The molecule has 1 heterocycles. The van der Waals surface area contributed by atoms with Gasteiger partial charge in [0.2, 0.25) is 5.91 Å². The first-order valence-corrected chi connectivity index (χ1v) is 10.7. The second kappa shape index (κ2) is 10.5. The molecule has 1 aliphatic rings. The lowest BCUT2D eigenvalue weighted by molar-refractivity contribution is -0.136. The molecule has 0 saturated carbocycles. The lowest BCUT2D eigenvalue weighted by Gasteiger charge is -2.41. The van der Waals surface area contributed by atoms with E-state index in [-0.39, 0.29) is 29.5 Å². The topological polar surface area (TPSA) is 61.9 Å². The maximum atomic E-state index is 13.5. The molecule has 2 aromatic rings. The van der Waals surface area contributed by atoms with Gasteiger partial charge in [0.05, 0.1) is 13.2 Å². The van der Waals surface area contributed by atoms with Crippen molar-refractivity contribution in [3.05, 3.63) is 71.3 Å². The highest BCUT2D eigenvalue weighted by molar-refractivity contribution is 5.86. The van der Waals surface area contributed by atoms with Crippen molar-refractivity contribution in [1.29, 1.82) is 0 Å². The molecular weight excluding hydrogens is 416 g/mol. The number of carbonyl (C=O) groups excluding carboxylic acids is 2. The highest BCUT2D eigenvalue weighted by Crippen LogP contribution is 2.30. The second-order valence-corrected chi connectivity index (χ2v) is 8.22. The summed E-state index contributed by atoms with van der Waals surface area (Å²) < 4.78 is 31.6. The smallest absolute Gasteiger partial charge is 0.407 e. The van der Waals surface area contributed by atoms with E-state index in [0.717, 1.165) is 11.1 Å². The summed E-state index contributed by atoms with van der Waals surface area (Å²) in [4.78, 5) is 28.6. The van der Waals surface area contributed by atoms with Crippen molar-refractivity contribution in [2.24, 2.45) is 5.92 Å². The van der Waals surface area contributed by atoms with Gasteiger partial charge in [0.1, 0.15) is 17.7 Å². The molecule has 2 amide bonds. The van der Waals surface area contributed by atoms with Gasteiger partial charge in [-0.05, 0) is 41.3 Å². The molecule has 172 valence electrons. The first kappa shape index (κ1) is 23.7. The summed E-state index contributed by atoms with van der Waals surface area (Å²) in [5, 5.41) is 2.62. The van der Waals surface area contributed by atoms with Gasteiger partial charge in [-0.25, -0.2) is 13.6 Å². The van der Waals surface area contributed by atoms with Crippen molar-refractivity contribution in [3.8, 4) is 0 Å². The number of ether oxygens (including phenoxy) is 1. The largest absolute Gasteiger partial charge is 0.453 e. The Morgan fingerprint density at radius 1 is 0.875 bits per heavy atom. The number of hydrogen-bond donors (Lipinski definition) is 1. The third kappa shape index (κ3) is 5.62. The third-order valence-corrected chi connectivity index (χ3v) is 5.75. The van der Waals surface area contributed by atoms with Crippen LogP contribution in [0, 0.1) is 17.6 Å².